The highest BCUT2D eigenvalue weighted by Crippen LogP contribution is 2.25. The minimum atomic E-state index is -1.35. The summed E-state index contributed by atoms with van der Waals surface area (Å²) in [6, 6.07) is 4.25. The Morgan fingerprint density at radius 3 is 2.25 bits per heavy atom. The van der Waals surface area contributed by atoms with Crippen molar-refractivity contribution in [2.45, 2.75) is 0 Å². The van der Waals surface area contributed by atoms with Crippen LogP contribution in [0, 0.1) is 21.7 Å². The van der Waals surface area contributed by atoms with E-state index in [0.29, 0.717) is 12.1 Å². The number of carbonyl (C=O) groups is 2. The van der Waals surface area contributed by atoms with Crippen LogP contribution in [0.1, 0.15) is 26.3 Å². The highest BCUT2D eigenvalue weighted by atomic mass is 19.2. The molecule has 0 bridgehead atoms. The van der Waals surface area contributed by atoms with E-state index in [4.69, 9.17) is 5.73 Å². The number of esters is 1. The molecule has 2 aromatic rings. The van der Waals surface area contributed by atoms with Crippen LogP contribution >= 0.6 is 0 Å². The fraction of sp³-hybridized carbons (Fsp3) is 0.0667. The molecule has 0 amide bonds. The number of anilines is 1. The molecule has 0 aromatic heterocycles. The van der Waals surface area contributed by atoms with Gasteiger partial charge in [-0.25, -0.2) is 13.6 Å². The molecule has 0 heterocycles. The molecule has 0 radical (unpaired) electrons. The monoisotopic (exact) mass is 336 g/mol. The molecule has 2 rings (SSSR count). The summed E-state index contributed by atoms with van der Waals surface area (Å²) >= 11 is 0. The number of nitro groups is 1. The number of rotatable bonds is 4. The summed E-state index contributed by atoms with van der Waals surface area (Å²) in [4.78, 5) is 34.2. The normalized spacial score (nSPS) is 10.3. The Hall–Kier alpha value is -3.36. The first-order valence-electron chi connectivity index (χ1n) is 6.42. The number of benzene rings is 2. The second-order valence-electron chi connectivity index (χ2n) is 4.66. The molecule has 7 nitrogen and oxygen atoms in total. The van der Waals surface area contributed by atoms with Gasteiger partial charge < -0.3 is 10.5 Å². The maximum Gasteiger partial charge on any atom is 0.338 e. The summed E-state index contributed by atoms with van der Waals surface area (Å²) in [6.45, 7) is 0. The van der Waals surface area contributed by atoms with Gasteiger partial charge in [0, 0.05) is 17.2 Å². The lowest BCUT2D eigenvalue weighted by molar-refractivity contribution is -0.383. The molecule has 124 valence electrons. The average Bonchev–Trinajstić information content (AvgIpc) is 2.55. The number of ether oxygens (including phenoxy) is 1. The number of halogens is 2. The largest absolute Gasteiger partial charge is 0.465 e. The van der Waals surface area contributed by atoms with Crippen LogP contribution in [-0.4, -0.2) is 23.8 Å². The van der Waals surface area contributed by atoms with Crippen molar-refractivity contribution < 1.29 is 28.0 Å². The number of nitrogen functional groups attached to an aromatic ring is 1. The van der Waals surface area contributed by atoms with Crippen LogP contribution in [0.5, 0.6) is 0 Å². The number of nitrogens with zero attached hydrogens (tertiary/aromatic N) is 1. The smallest absolute Gasteiger partial charge is 0.338 e. The average molecular weight is 336 g/mol. The van der Waals surface area contributed by atoms with Crippen LogP contribution in [-0.2, 0) is 4.74 Å². The zero-order valence-corrected chi connectivity index (χ0v) is 12.2. The van der Waals surface area contributed by atoms with Crippen molar-refractivity contribution in [1.82, 2.24) is 0 Å². The summed E-state index contributed by atoms with van der Waals surface area (Å²) in [6.07, 6.45) is 0. The lowest BCUT2D eigenvalue weighted by atomic mass is 9.97. The molecule has 2 N–H and O–H groups in total. The van der Waals surface area contributed by atoms with Crippen LogP contribution in [0.15, 0.2) is 30.3 Å². The van der Waals surface area contributed by atoms with Gasteiger partial charge >= 0.3 is 5.97 Å². The highest BCUT2D eigenvalue weighted by Gasteiger charge is 2.24. The number of nitrogens with two attached hydrogens (primary N) is 1. The van der Waals surface area contributed by atoms with Crippen LogP contribution < -0.4 is 5.73 Å². The predicted octanol–water partition coefficient (Wildman–Crippen LogP) is 2.47. The van der Waals surface area contributed by atoms with Crippen molar-refractivity contribution in [3.63, 3.8) is 0 Å². The molecule has 0 aliphatic carbocycles. The number of methoxy groups -OCH3 is 1. The van der Waals surface area contributed by atoms with Crippen LogP contribution in [0.4, 0.5) is 20.2 Å². The van der Waals surface area contributed by atoms with E-state index in [1.54, 1.807) is 0 Å². The van der Waals surface area contributed by atoms with Gasteiger partial charge in [-0.1, -0.05) is 0 Å². The predicted molar refractivity (Wildman–Crippen MR) is 78.6 cm³/mol. The molecule has 0 aliphatic rings. The first-order valence-corrected chi connectivity index (χ1v) is 6.42. The van der Waals surface area contributed by atoms with Gasteiger partial charge in [0.05, 0.1) is 17.6 Å². The summed E-state index contributed by atoms with van der Waals surface area (Å²) in [5.74, 6) is -4.66. The van der Waals surface area contributed by atoms with Gasteiger partial charge in [0.15, 0.2) is 17.4 Å². The number of hydrogen-bond donors (Lipinski definition) is 1. The summed E-state index contributed by atoms with van der Waals surface area (Å²) in [7, 11) is 1.01. The molecule has 0 unspecified atom stereocenters. The van der Waals surface area contributed by atoms with E-state index in [9.17, 15) is 28.5 Å². The molecule has 0 fully saturated rings. The quantitative estimate of drug-likeness (QED) is 0.302. The van der Waals surface area contributed by atoms with Crippen molar-refractivity contribution in [3.05, 3.63) is 68.8 Å². The van der Waals surface area contributed by atoms with Crippen LogP contribution in [0.25, 0.3) is 0 Å². The first kappa shape index (κ1) is 17.0. The second-order valence-corrected chi connectivity index (χ2v) is 4.66. The third kappa shape index (κ3) is 3.05. The van der Waals surface area contributed by atoms with Gasteiger partial charge in [-0.3, -0.25) is 14.9 Å². The topological polar surface area (TPSA) is 113 Å². The SMILES string of the molecule is COC(=O)c1cc(F)c(F)cc1C(=O)c1ccc(N)c([N+](=O)[O-])c1. The molecule has 0 saturated heterocycles. The van der Waals surface area contributed by atoms with Crippen molar-refractivity contribution in [2.24, 2.45) is 0 Å². The van der Waals surface area contributed by atoms with Gasteiger partial charge in [-0.15, -0.1) is 0 Å². The standard InChI is InChI=1S/C15H10F2N2O5/c1-24-15(21)9-6-11(17)10(16)5-8(9)14(20)7-2-3-12(18)13(4-7)19(22)23/h2-6H,18H2,1H3. The molecular formula is C15H10F2N2O5. The number of ketones is 1. The maximum absolute atomic E-state index is 13.5. The van der Waals surface area contributed by atoms with E-state index in [0.717, 1.165) is 19.2 Å². The lowest BCUT2D eigenvalue weighted by Gasteiger charge is -2.09. The molecular weight excluding hydrogens is 326 g/mol. The third-order valence-corrected chi connectivity index (χ3v) is 3.20. The fourth-order valence-electron chi connectivity index (χ4n) is 2.01. The summed E-state index contributed by atoms with van der Waals surface area (Å²) in [5, 5.41) is 10.9. The molecule has 0 spiro atoms. The van der Waals surface area contributed by atoms with Gasteiger partial charge in [0.25, 0.3) is 5.69 Å². The number of nitro benzene ring substituents is 1. The van der Waals surface area contributed by atoms with E-state index < -0.39 is 45.1 Å². The zero-order chi connectivity index (χ0) is 18.0. The molecule has 0 atom stereocenters. The third-order valence-electron chi connectivity index (χ3n) is 3.20. The van der Waals surface area contributed by atoms with Crippen molar-refractivity contribution in [2.75, 3.05) is 12.8 Å². The maximum atomic E-state index is 13.5. The molecule has 9 heteroatoms. The van der Waals surface area contributed by atoms with E-state index in [1.807, 2.05) is 0 Å². The molecule has 0 aliphatic heterocycles. The minimum Gasteiger partial charge on any atom is -0.465 e. The number of hydrogen-bond acceptors (Lipinski definition) is 6. The zero-order valence-electron chi connectivity index (χ0n) is 12.2. The van der Waals surface area contributed by atoms with Crippen molar-refractivity contribution >= 4 is 23.1 Å². The summed E-state index contributed by atoms with van der Waals surface area (Å²) in [5.41, 5.74) is 3.54. The Morgan fingerprint density at radius 2 is 1.71 bits per heavy atom. The van der Waals surface area contributed by atoms with Gasteiger partial charge in [-0.05, 0) is 24.3 Å². The Balaban J connectivity index is 2.62. The van der Waals surface area contributed by atoms with E-state index >= 15 is 0 Å². The molecule has 0 saturated carbocycles. The highest BCUT2D eigenvalue weighted by molar-refractivity contribution is 6.14. The van der Waals surface area contributed by atoms with E-state index in [-0.39, 0.29) is 11.3 Å². The number of carbonyl (C=O) groups excluding carboxylic acids is 2. The minimum absolute atomic E-state index is 0.171. The van der Waals surface area contributed by atoms with Gasteiger partial charge in [0.1, 0.15) is 5.69 Å². The van der Waals surface area contributed by atoms with Gasteiger partial charge in [0.2, 0.25) is 0 Å². The molecule has 2 aromatic carbocycles. The molecule has 24 heavy (non-hydrogen) atoms. The first-order chi connectivity index (χ1) is 11.3. The second kappa shape index (κ2) is 6.41. The Morgan fingerprint density at radius 1 is 1.12 bits per heavy atom. The van der Waals surface area contributed by atoms with Crippen LogP contribution in [0.2, 0.25) is 0 Å². The Kier molecular flexibility index (Phi) is 4.54. The van der Waals surface area contributed by atoms with Crippen molar-refractivity contribution in [1.29, 1.82) is 0 Å². The van der Waals surface area contributed by atoms with Crippen LogP contribution in [0.3, 0.4) is 0 Å². The Bertz CT molecular complexity index is 867. The lowest BCUT2D eigenvalue weighted by Crippen LogP contribution is -2.13. The van der Waals surface area contributed by atoms with Crippen molar-refractivity contribution in [3.8, 4) is 0 Å². The van der Waals surface area contributed by atoms with E-state index in [2.05, 4.69) is 4.74 Å². The summed E-state index contributed by atoms with van der Waals surface area (Å²) < 4.78 is 31.2. The Labute approximate surface area is 133 Å². The fourth-order valence-corrected chi connectivity index (χ4v) is 2.01. The van der Waals surface area contributed by atoms with Gasteiger partial charge in [-0.2, -0.15) is 0 Å². The van der Waals surface area contributed by atoms with E-state index in [1.165, 1.54) is 6.07 Å².